The molecule has 0 saturated carbocycles. The van der Waals surface area contributed by atoms with E-state index in [9.17, 15) is 18.0 Å². The van der Waals surface area contributed by atoms with Gasteiger partial charge >= 0.3 is 5.69 Å². The average Bonchev–Trinajstić information content (AvgIpc) is 3.32. The maximum atomic E-state index is 12.7. The quantitative estimate of drug-likeness (QED) is 0.351. The first-order valence-corrected chi connectivity index (χ1v) is 13.1. The summed E-state index contributed by atoms with van der Waals surface area (Å²) in [7, 11) is -1.79. The number of fused-ring (bicyclic) bond motifs is 1. The zero-order valence-electron chi connectivity index (χ0n) is 20.1. The molecular formula is C26H23N5O5S. The van der Waals surface area contributed by atoms with Gasteiger partial charge in [0.15, 0.2) is 15.7 Å². The van der Waals surface area contributed by atoms with Crippen molar-refractivity contribution in [3.05, 3.63) is 99.5 Å². The summed E-state index contributed by atoms with van der Waals surface area (Å²) in [6.45, 7) is 1.54. The highest BCUT2D eigenvalue weighted by molar-refractivity contribution is 7.91. The Hall–Kier alpha value is -4.51. The minimum absolute atomic E-state index is 0.00737. The van der Waals surface area contributed by atoms with E-state index in [0.717, 1.165) is 4.57 Å². The number of aromatic amines is 1. The molecule has 0 bridgehead atoms. The number of nitrogens with zero attached hydrogens (tertiary/aromatic N) is 4. The zero-order valence-corrected chi connectivity index (χ0v) is 20.9. The Balaban J connectivity index is 1.60. The number of ether oxygens (including phenoxy) is 1. The van der Waals surface area contributed by atoms with E-state index in [4.69, 9.17) is 4.74 Å². The number of nitrogens with one attached hydrogen (secondary N) is 1. The molecule has 2 aromatic carbocycles. The molecule has 3 heterocycles. The molecule has 0 unspecified atom stereocenters. The van der Waals surface area contributed by atoms with E-state index in [1.165, 1.54) is 29.0 Å². The van der Waals surface area contributed by atoms with Gasteiger partial charge in [0, 0.05) is 37.1 Å². The van der Waals surface area contributed by atoms with Crippen molar-refractivity contribution < 1.29 is 13.2 Å². The highest BCUT2D eigenvalue weighted by atomic mass is 32.2. The lowest BCUT2D eigenvalue weighted by Crippen LogP contribution is -2.38. The van der Waals surface area contributed by atoms with E-state index in [1.54, 1.807) is 44.4 Å². The van der Waals surface area contributed by atoms with Crippen molar-refractivity contribution in [2.24, 2.45) is 7.05 Å². The smallest absolute Gasteiger partial charge is 0.331 e. The number of sulfone groups is 1. The number of hydrogen-bond acceptors (Lipinski definition) is 7. The van der Waals surface area contributed by atoms with E-state index in [2.05, 4.69) is 15.0 Å². The molecule has 1 N–H and O–H groups in total. The zero-order chi connectivity index (χ0) is 26.2. The molecule has 5 rings (SSSR count). The lowest BCUT2D eigenvalue weighted by atomic mass is 10.1. The van der Waals surface area contributed by atoms with Gasteiger partial charge in [0.05, 0.1) is 28.2 Å². The highest BCUT2D eigenvalue weighted by Gasteiger charge is 2.16. The van der Waals surface area contributed by atoms with E-state index in [-0.39, 0.29) is 17.2 Å². The van der Waals surface area contributed by atoms with Crippen LogP contribution in [0.25, 0.3) is 22.6 Å². The number of hydrogen-bond donors (Lipinski definition) is 1. The lowest BCUT2D eigenvalue weighted by molar-refractivity contribution is 0.472. The molecular weight excluding hydrogens is 494 g/mol. The van der Waals surface area contributed by atoms with Gasteiger partial charge in [-0.05, 0) is 42.5 Å². The van der Waals surface area contributed by atoms with Crippen LogP contribution in [0.15, 0.2) is 87.5 Å². The maximum Gasteiger partial charge on any atom is 0.331 e. The Morgan fingerprint density at radius 1 is 1.03 bits per heavy atom. The average molecular weight is 518 g/mol. The summed E-state index contributed by atoms with van der Waals surface area (Å²) in [5.74, 6) is 1.31. The standard InChI is InChI=1S/C26H23N5O5S/c1-3-37(34,35)19-9-7-18(8-10-19)36-23-15-22-21(28-25(29-22)20-6-4-5-12-27-20)14-17(23)16-31-24(32)11-13-30(2)26(31)33/h4-15H,3,16H2,1-2H3,(H,28,29). The Labute approximate surface area is 211 Å². The summed E-state index contributed by atoms with van der Waals surface area (Å²) in [6, 6.07) is 16.4. The van der Waals surface area contributed by atoms with Crippen molar-refractivity contribution in [3.8, 4) is 23.0 Å². The van der Waals surface area contributed by atoms with Crippen LogP contribution in [0.3, 0.4) is 0 Å². The van der Waals surface area contributed by atoms with Crippen molar-refractivity contribution >= 4 is 20.9 Å². The number of aryl methyl sites for hydroxylation is 1. The molecule has 5 aromatic rings. The first-order chi connectivity index (χ1) is 17.7. The fourth-order valence-electron chi connectivity index (χ4n) is 3.86. The fraction of sp³-hybridized carbons (Fsp3) is 0.154. The molecule has 0 radical (unpaired) electrons. The molecule has 0 aliphatic rings. The summed E-state index contributed by atoms with van der Waals surface area (Å²) in [5.41, 5.74) is 1.57. The number of imidazole rings is 1. The largest absolute Gasteiger partial charge is 0.457 e. The number of H-pyrrole nitrogens is 1. The predicted molar refractivity (Wildman–Crippen MR) is 139 cm³/mol. The molecule has 11 heteroatoms. The first-order valence-electron chi connectivity index (χ1n) is 11.5. The number of benzene rings is 2. The fourth-order valence-corrected chi connectivity index (χ4v) is 4.75. The number of pyridine rings is 1. The van der Waals surface area contributed by atoms with E-state index >= 15 is 0 Å². The second-order valence-corrected chi connectivity index (χ2v) is 10.7. The van der Waals surface area contributed by atoms with Crippen LogP contribution in [0.4, 0.5) is 0 Å². The van der Waals surface area contributed by atoms with Crippen molar-refractivity contribution in [2.45, 2.75) is 18.4 Å². The molecule has 37 heavy (non-hydrogen) atoms. The summed E-state index contributed by atoms with van der Waals surface area (Å²) in [5, 5.41) is 0. The maximum absolute atomic E-state index is 12.7. The molecule has 0 aliphatic carbocycles. The van der Waals surface area contributed by atoms with Crippen LogP contribution in [0.2, 0.25) is 0 Å². The van der Waals surface area contributed by atoms with Gasteiger partial charge in [-0.15, -0.1) is 0 Å². The molecule has 0 atom stereocenters. The number of aromatic nitrogens is 5. The third-order valence-electron chi connectivity index (χ3n) is 5.93. The Kier molecular flexibility index (Phi) is 6.22. The van der Waals surface area contributed by atoms with Gasteiger partial charge in [0.2, 0.25) is 0 Å². The van der Waals surface area contributed by atoms with Gasteiger partial charge in [-0.1, -0.05) is 13.0 Å². The monoisotopic (exact) mass is 517 g/mol. The topological polar surface area (TPSA) is 129 Å². The Morgan fingerprint density at radius 3 is 2.51 bits per heavy atom. The van der Waals surface area contributed by atoms with Crippen molar-refractivity contribution in [3.63, 3.8) is 0 Å². The third kappa shape index (κ3) is 4.81. The van der Waals surface area contributed by atoms with Crippen molar-refractivity contribution in [1.29, 1.82) is 0 Å². The SMILES string of the molecule is CCS(=O)(=O)c1ccc(Oc2cc3nc(-c4ccccn4)[nH]c3cc2Cn2c(=O)ccn(C)c2=O)cc1. The van der Waals surface area contributed by atoms with Crippen LogP contribution >= 0.6 is 0 Å². The van der Waals surface area contributed by atoms with Crippen molar-refractivity contribution in [2.75, 3.05) is 5.75 Å². The molecule has 0 spiro atoms. The molecule has 3 aromatic heterocycles. The van der Waals surface area contributed by atoms with Gasteiger partial charge in [0.25, 0.3) is 5.56 Å². The van der Waals surface area contributed by atoms with Gasteiger partial charge in [-0.2, -0.15) is 0 Å². The van der Waals surface area contributed by atoms with Crippen LogP contribution in [0.5, 0.6) is 11.5 Å². The molecule has 0 amide bonds. The normalized spacial score (nSPS) is 11.6. The number of rotatable bonds is 7. The van der Waals surface area contributed by atoms with Crippen LogP contribution in [0.1, 0.15) is 12.5 Å². The van der Waals surface area contributed by atoms with Crippen LogP contribution in [-0.2, 0) is 23.4 Å². The Morgan fingerprint density at radius 2 is 1.81 bits per heavy atom. The summed E-state index contributed by atoms with van der Waals surface area (Å²) >= 11 is 0. The molecule has 0 saturated heterocycles. The summed E-state index contributed by atoms with van der Waals surface area (Å²) in [6.07, 6.45) is 3.09. The Bertz CT molecular complexity index is 1820. The van der Waals surface area contributed by atoms with Crippen molar-refractivity contribution in [1.82, 2.24) is 24.1 Å². The van der Waals surface area contributed by atoms with Crippen LogP contribution < -0.4 is 16.0 Å². The van der Waals surface area contributed by atoms with Crippen LogP contribution in [-0.4, -0.2) is 38.3 Å². The van der Waals surface area contributed by atoms with E-state index < -0.39 is 21.1 Å². The third-order valence-corrected chi connectivity index (χ3v) is 7.68. The van der Waals surface area contributed by atoms with Crippen LogP contribution in [0, 0.1) is 0 Å². The molecule has 0 fully saturated rings. The van der Waals surface area contributed by atoms with Gasteiger partial charge < -0.3 is 14.3 Å². The summed E-state index contributed by atoms with van der Waals surface area (Å²) < 4.78 is 32.9. The minimum Gasteiger partial charge on any atom is -0.457 e. The van der Waals surface area contributed by atoms with E-state index in [0.29, 0.717) is 39.6 Å². The molecule has 10 nitrogen and oxygen atoms in total. The second kappa shape index (κ2) is 9.51. The highest BCUT2D eigenvalue weighted by Crippen LogP contribution is 2.31. The van der Waals surface area contributed by atoms with Gasteiger partial charge in [-0.3, -0.25) is 14.3 Å². The van der Waals surface area contributed by atoms with Gasteiger partial charge in [-0.25, -0.2) is 18.2 Å². The van der Waals surface area contributed by atoms with E-state index in [1.807, 2.05) is 18.2 Å². The summed E-state index contributed by atoms with van der Waals surface area (Å²) in [4.78, 5) is 37.6. The van der Waals surface area contributed by atoms with Gasteiger partial charge in [0.1, 0.15) is 17.2 Å². The minimum atomic E-state index is -3.35. The molecule has 0 aliphatic heterocycles. The lowest BCUT2D eigenvalue weighted by Gasteiger charge is -2.13. The second-order valence-electron chi connectivity index (χ2n) is 8.39. The first kappa shape index (κ1) is 24.2. The molecule has 188 valence electrons. The predicted octanol–water partition coefficient (Wildman–Crippen LogP) is 3.12.